The van der Waals surface area contributed by atoms with Gasteiger partial charge in [0.15, 0.2) is 0 Å². The van der Waals surface area contributed by atoms with Crippen LogP contribution in [0.2, 0.25) is 0 Å². The van der Waals surface area contributed by atoms with E-state index in [1.807, 2.05) is 0 Å². The molecule has 0 aromatic heterocycles. The maximum atomic E-state index is 12.4. The van der Waals surface area contributed by atoms with Gasteiger partial charge < -0.3 is 0 Å². The molecule has 0 radical (unpaired) electrons. The summed E-state index contributed by atoms with van der Waals surface area (Å²) in [5, 5.41) is 0. The molecule has 0 aromatic carbocycles. The van der Waals surface area contributed by atoms with Crippen molar-refractivity contribution >= 4 is 0 Å². The van der Waals surface area contributed by atoms with Crippen molar-refractivity contribution in [3.05, 3.63) is 0 Å². The summed E-state index contributed by atoms with van der Waals surface area (Å²) < 4.78 is 49.4. The van der Waals surface area contributed by atoms with Crippen molar-refractivity contribution in [1.82, 2.24) is 0 Å². The zero-order chi connectivity index (χ0) is 7.99. The Hall–Kier alpha value is -0.280. The van der Waals surface area contributed by atoms with E-state index in [0.29, 0.717) is 0 Å². The quantitative estimate of drug-likeness (QED) is 0.473. The summed E-state index contributed by atoms with van der Waals surface area (Å²) in [5.74, 6) is -8.12. The zero-order valence-electron chi connectivity index (χ0n) is 5.50. The Morgan fingerprint density at radius 3 is 1.40 bits per heavy atom. The molecule has 0 N–H and O–H groups in total. The van der Waals surface area contributed by atoms with Gasteiger partial charge in [0.2, 0.25) is 0 Å². The van der Waals surface area contributed by atoms with Crippen LogP contribution in [0.3, 0.4) is 0 Å². The van der Waals surface area contributed by atoms with Crippen LogP contribution in [0.5, 0.6) is 0 Å². The van der Waals surface area contributed by atoms with Crippen LogP contribution in [-0.2, 0) is 0 Å². The largest absolute Gasteiger partial charge is 0.256 e. The molecule has 1 rings (SSSR count). The predicted molar refractivity (Wildman–Crippen MR) is 28.3 cm³/mol. The van der Waals surface area contributed by atoms with Gasteiger partial charge >= 0.3 is 0 Å². The highest BCUT2D eigenvalue weighted by molar-refractivity contribution is 4.93. The van der Waals surface area contributed by atoms with E-state index in [-0.39, 0.29) is 0 Å². The molecule has 0 atom stereocenters. The van der Waals surface area contributed by atoms with Gasteiger partial charge in [-0.15, -0.1) is 0 Å². The standard InChI is InChI=1S/C6H8F4/c1-4-5(7,8)2-3-6(4,9)10/h4H,2-3H2,1H3. The second-order valence-electron chi connectivity index (χ2n) is 2.74. The molecule has 4 heteroatoms. The molecule has 0 spiro atoms. The first-order chi connectivity index (χ1) is 4.36. The van der Waals surface area contributed by atoms with Crippen molar-refractivity contribution in [3.63, 3.8) is 0 Å². The van der Waals surface area contributed by atoms with E-state index in [0.717, 1.165) is 6.92 Å². The summed E-state index contributed by atoms with van der Waals surface area (Å²) in [7, 11) is 0. The van der Waals surface area contributed by atoms with E-state index in [4.69, 9.17) is 0 Å². The van der Waals surface area contributed by atoms with Gasteiger partial charge in [0.1, 0.15) is 0 Å². The maximum Gasteiger partial charge on any atom is 0.256 e. The van der Waals surface area contributed by atoms with Crippen LogP contribution in [0.15, 0.2) is 0 Å². The number of hydrogen-bond donors (Lipinski definition) is 0. The molecule has 10 heavy (non-hydrogen) atoms. The third-order valence-corrected chi connectivity index (χ3v) is 2.06. The SMILES string of the molecule is CC1C(F)(F)CCC1(F)F. The maximum absolute atomic E-state index is 12.4. The summed E-state index contributed by atoms with van der Waals surface area (Å²) in [5.41, 5.74) is 0. The van der Waals surface area contributed by atoms with Gasteiger partial charge in [0, 0.05) is 12.8 Å². The Morgan fingerprint density at radius 2 is 1.30 bits per heavy atom. The van der Waals surface area contributed by atoms with E-state index < -0.39 is 30.6 Å². The molecule has 0 aromatic rings. The highest BCUT2D eigenvalue weighted by atomic mass is 19.3. The molecule has 0 heterocycles. The molecule has 1 aliphatic carbocycles. The lowest BCUT2D eigenvalue weighted by Crippen LogP contribution is -2.29. The molecular formula is C6H8F4. The Balaban J connectivity index is 2.77. The monoisotopic (exact) mass is 156 g/mol. The fourth-order valence-corrected chi connectivity index (χ4v) is 1.08. The minimum Gasteiger partial charge on any atom is -0.206 e. The number of rotatable bonds is 0. The smallest absolute Gasteiger partial charge is 0.206 e. The first kappa shape index (κ1) is 7.82. The molecule has 0 nitrogen and oxygen atoms in total. The molecule has 1 fully saturated rings. The second kappa shape index (κ2) is 1.86. The van der Waals surface area contributed by atoms with Crippen LogP contribution in [-0.4, -0.2) is 11.8 Å². The minimum atomic E-state index is -3.16. The Kier molecular flexibility index (Phi) is 1.45. The van der Waals surface area contributed by atoms with Crippen LogP contribution in [0.1, 0.15) is 19.8 Å². The lowest BCUT2D eigenvalue weighted by atomic mass is 10.1. The molecule has 0 bridgehead atoms. The lowest BCUT2D eigenvalue weighted by Gasteiger charge is -2.18. The fourth-order valence-electron chi connectivity index (χ4n) is 1.08. The van der Waals surface area contributed by atoms with Crippen molar-refractivity contribution in [2.75, 3.05) is 0 Å². The van der Waals surface area contributed by atoms with E-state index in [1.165, 1.54) is 0 Å². The van der Waals surface area contributed by atoms with Crippen molar-refractivity contribution < 1.29 is 17.6 Å². The third-order valence-electron chi connectivity index (χ3n) is 2.06. The van der Waals surface area contributed by atoms with Gasteiger partial charge in [-0.2, -0.15) is 0 Å². The Morgan fingerprint density at radius 1 is 1.00 bits per heavy atom. The highest BCUT2D eigenvalue weighted by Gasteiger charge is 2.58. The predicted octanol–water partition coefficient (Wildman–Crippen LogP) is 2.69. The van der Waals surface area contributed by atoms with Gasteiger partial charge in [-0.25, -0.2) is 17.6 Å². The van der Waals surface area contributed by atoms with Crippen molar-refractivity contribution in [2.24, 2.45) is 5.92 Å². The average Bonchev–Trinajstić information content (AvgIpc) is 1.95. The van der Waals surface area contributed by atoms with Crippen molar-refractivity contribution in [3.8, 4) is 0 Å². The minimum absolute atomic E-state index is 0.679. The Labute approximate surface area is 56.2 Å². The second-order valence-corrected chi connectivity index (χ2v) is 2.74. The molecule has 60 valence electrons. The van der Waals surface area contributed by atoms with E-state index in [9.17, 15) is 17.6 Å². The third kappa shape index (κ3) is 0.995. The van der Waals surface area contributed by atoms with Crippen LogP contribution in [0.4, 0.5) is 17.6 Å². The average molecular weight is 156 g/mol. The van der Waals surface area contributed by atoms with Crippen molar-refractivity contribution in [2.45, 2.75) is 31.6 Å². The van der Waals surface area contributed by atoms with Crippen LogP contribution in [0, 0.1) is 5.92 Å². The van der Waals surface area contributed by atoms with Gasteiger partial charge in [-0.1, -0.05) is 6.92 Å². The summed E-state index contributed by atoms with van der Waals surface area (Å²) in [6, 6.07) is 0. The van der Waals surface area contributed by atoms with E-state index >= 15 is 0 Å². The van der Waals surface area contributed by atoms with Gasteiger partial charge in [0.25, 0.3) is 11.8 Å². The molecule has 1 saturated carbocycles. The highest BCUT2D eigenvalue weighted by Crippen LogP contribution is 2.49. The first-order valence-electron chi connectivity index (χ1n) is 3.12. The summed E-state index contributed by atoms with van der Waals surface area (Å²) in [6.45, 7) is 0.896. The van der Waals surface area contributed by atoms with Crippen molar-refractivity contribution in [1.29, 1.82) is 0 Å². The first-order valence-corrected chi connectivity index (χ1v) is 3.12. The van der Waals surface area contributed by atoms with Crippen LogP contribution < -0.4 is 0 Å². The van der Waals surface area contributed by atoms with E-state index in [1.54, 1.807) is 0 Å². The van der Waals surface area contributed by atoms with Gasteiger partial charge in [-0.05, 0) is 0 Å². The number of hydrogen-bond acceptors (Lipinski definition) is 0. The van der Waals surface area contributed by atoms with Gasteiger partial charge in [-0.3, -0.25) is 0 Å². The molecule has 0 saturated heterocycles. The molecule has 0 aliphatic heterocycles. The summed E-state index contributed by atoms with van der Waals surface area (Å²) in [4.78, 5) is 0. The number of alkyl halides is 4. The van der Waals surface area contributed by atoms with Gasteiger partial charge in [0.05, 0.1) is 5.92 Å². The lowest BCUT2D eigenvalue weighted by molar-refractivity contribution is -0.109. The molecule has 0 amide bonds. The molecule has 0 unspecified atom stereocenters. The number of halogens is 4. The fraction of sp³-hybridized carbons (Fsp3) is 1.00. The van der Waals surface area contributed by atoms with Crippen LogP contribution >= 0.6 is 0 Å². The normalized spacial score (nSPS) is 30.9. The van der Waals surface area contributed by atoms with E-state index in [2.05, 4.69) is 0 Å². The zero-order valence-corrected chi connectivity index (χ0v) is 5.50. The Bertz CT molecular complexity index is 125. The topological polar surface area (TPSA) is 0 Å². The van der Waals surface area contributed by atoms with Crippen LogP contribution in [0.25, 0.3) is 0 Å². The molecular weight excluding hydrogens is 148 g/mol. The summed E-state index contributed by atoms with van der Waals surface area (Å²) in [6.07, 6.45) is -1.36. The summed E-state index contributed by atoms with van der Waals surface area (Å²) >= 11 is 0. The molecule has 1 aliphatic rings.